The Morgan fingerprint density at radius 2 is 1.68 bits per heavy atom. The predicted molar refractivity (Wildman–Crippen MR) is 73.5 cm³/mol. The number of carbonyl (C=O) groups excluding carboxylic acids is 2. The molecule has 0 radical (unpaired) electrons. The minimum Gasteiger partial charge on any atom is -0.507 e. The first kappa shape index (κ1) is 11.4. The van der Waals surface area contributed by atoms with Gasteiger partial charge in [0.05, 0.1) is 0 Å². The normalized spacial score (nSPS) is 10.7. The Morgan fingerprint density at radius 3 is 2.47 bits per heavy atom. The van der Waals surface area contributed by atoms with Crippen molar-refractivity contribution in [3.05, 3.63) is 54.1 Å². The number of phenols is 1. The number of carbonyl (C=O) groups is 2. The van der Waals surface area contributed by atoms with E-state index in [2.05, 4.69) is 0 Å². The lowest BCUT2D eigenvalue weighted by atomic mass is 9.94. The molecular weight excluding hydrogens is 240 g/mol. The molecule has 1 N–H and O–H groups in total. The maximum absolute atomic E-state index is 11.9. The minimum atomic E-state index is -0.576. The zero-order valence-corrected chi connectivity index (χ0v) is 9.96. The summed E-state index contributed by atoms with van der Waals surface area (Å²) < 4.78 is 0. The highest BCUT2D eigenvalue weighted by atomic mass is 16.3. The zero-order valence-electron chi connectivity index (χ0n) is 9.96. The summed E-state index contributed by atoms with van der Waals surface area (Å²) in [5.41, 5.74) is 0.346. The number of ketones is 1. The van der Waals surface area contributed by atoms with Crippen molar-refractivity contribution in [2.45, 2.75) is 0 Å². The summed E-state index contributed by atoms with van der Waals surface area (Å²) in [5, 5.41) is 12.6. The van der Waals surface area contributed by atoms with Crippen LogP contribution in [0.3, 0.4) is 0 Å². The molecule has 0 aliphatic heterocycles. The van der Waals surface area contributed by atoms with E-state index in [9.17, 15) is 14.7 Å². The van der Waals surface area contributed by atoms with Gasteiger partial charge in [-0.15, -0.1) is 0 Å². The molecule has 92 valence electrons. The topological polar surface area (TPSA) is 54.4 Å². The van der Waals surface area contributed by atoms with Crippen LogP contribution >= 0.6 is 0 Å². The van der Waals surface area contributed by atoms with Gasteiger partial charge in [-0.1, -0.05) is 36.4 Å². The highest BCUT2D eigenvalue weighted by molar-refractivity contribution is 6.40. The molecule has 0 fully saturated rings. The summed E-state index contributed by atoms with van der Waals surface area (Å²) in [5.74, 6) is -0.476. The Kier molecular flexibility index (Phi) is 2.53. The van der Waals surface area contributed by atoms with Gasteiger partial charge in [0.25, 0.3) is 0 Å². The lowest BCUT2D eigenvalue weighted by Crippen LogP contribution is -2.02. The third-order valence-electron chi connectivity index (χ3n) is 3.24. The summed E-state index contributed by atoms with van der Waals surface area (Å²) in [6, 6.07) is 14.1. The first-order valence-electron chi connectivity index (χ1n) is 5.85. The molecule has 3 aromatic rings. The molecule has 19 heavy (non-hydrogen) atoms. The highest BCUT2D eigenvalue weighted by Gasteiger charge is 2.15. The maximum atomic E-state index is 11.9. The van der Waals surface area contributed by atoms with Gasteiger partial charge in [-0.3, -0.25) is 9.59 Å². The van der Waals surface area contributed by atoms with Crippen molar-refractivity contribution in [1.29, 1.82) is 0 Å². The number of Topliss-reactive ketones (excluding diaryl/α,β-unsaturated/α-hetero) is 1. The standard InChI is InChI=1S/C16H10O3/c17-9-15(19)16-11-5-2-1-4-10(11)8-13-12(16)6-3-7-14(13)18/h1-9,18H. The van der Waals surface area contributed by atoms with Crippen LogP contribution in [0.5, 0.6) is 5.75 Å². The third kappa shape index (κ3) is 1.67. The van der Waals surface area contributed by atoms with Gasteiger partial charge in [0.15, 0.2) is 6.29 Å². The Hall–Kier alpha value is -2.68. The van der Waals surface area contributed by atoms with E-state index in [1.807, 2.05) is 24.3 Å². The second-order valence-corrected chi connectivity index (χ2v) is 4.33. The van der Waals surface area contributed by atoms with Crippen molar-refractivity contribution in [1.82, 2.24) is 0 Å². The molecule has 0 aromatic heterocycles. The van der Waals surface area contributed by atoms with Crippen LogP contribution in [0.4, 0.5) is 0 Å². The maximum Gasteiger partial charge on any atom is 0.226 e. The quantitative estimate of drug-likeness (QED) is 0.329. The second-order valence-electron chi connectivity index (χ2n) is 4.33. The molecule has 3 heteroatoms. The van der Waals surface area contributed by atoms with Crippen LogP contribution in [0, 0.1) is 0 Å². The van der Waals surface area contributed by atoms with E-state index in [-0.39, 0.29) is 5.75 Å². The van der Waals surface area contributed by atoms with Crippen LogP contribution in [0.1, 0.15) is 10.4 Å². The molecular formula is C16H10O3. The lowest BCUT2D eigenvalue weighted by Gasteiger charge is -2.09. The molecule has 0 aliphatic carbocycles. The third-order valence-corrected chi connectivity index (χ3v) is 3.24. The molecule has 0 atom stereocenters. The number of aromatic hydroxyl groups is 1. The van der Waals surface area contributed by atoms with Crippen molar-refractivity contribution >= 4 is 33.6 Å². The lowest BCUT2D eigenvalue weighted by molar-refractivity contribution is -0.104. The van der Waals surface area contributed by atoms with Crippen LogP contribution in [0.15, 0.2) is 48.5 Å². The van der Waals surface area contributed by atoms with Gasteiger partial charge in [0, 0.05) is 10.9 Å². The molecule has 0 spiro atoms. The van der Waals surface area contributed by atoms with Crippen molar-refractivity contribution in [2.24, 2.45) is 0 Å². The van der Waals surface area contributed by atoms with E-state index < -0.39 is 5.78 Å². The summed E-state index contributed by atoms with van der Waals surface area (Å²) in [4.78, 5) is 22.8. The summed E-state index contributed by atoms with van der Waals surface area (Å²) in [7, 11) is 0. The zero-order chi connectivity index (χ0) is 13.4. The number of rotatable bonds is 2. The van der Waals surface area contributed by atoms with Gasteiger partial charge in [-0.2, -0.15) is 0 Å². The molecule has 3 aromatic carbocycles. The fraction of sp³-hybridized carbons (Fsp3) is 0. The number of fused-ring (bicyclic) bond motifs is 2. The van der Waals surface area contributed by atoms with Gasteiger partial charge < -0.3 is 5.11 Å². The van der Waals surface area contributed by atoms with Crippen LogP contribution < -0.4 is 0 Å². The SMILES string of the molecule is O=CC(=O)c1c2ccccc2cc2c(O)cccc12. The molecule has 0 aliphatic rings. The van der Waals surface area contributed by atoms with Gasteiger partial charge >= 0.3 is 0 Å². The van der Waals surface area contributed by atoms with Crippen molar-refractivity contribution in [3.63, 3.8) is 0 Å². The minimum absolute atomic E-state index is 0.100. The van der Waals surface area contributed by atoms with E-state index in [1.54, 1.807) is 24.3 Å². The highest BCUT2D eigenvalue weighted by Crippen LogP contribution is 2.33. The van der Waals surface area contributed by atoms with Crippen LogP contribution in [0.25, 0.3) is 21.5 Å². The first-order valence-corrected chi connectivity index (χ1v) is 5.85. The first-order chi connectivity index (χ1) is 9.22. The van der Waals surface area contributed by atoms with E-state index in [4.69, 9.17) is 0 Å². The Labute approximate surface area is 109 Å². The van der Waals surface area contributed by atoms with Gasteiger partial charge in [0.1, 0.15) is 5.75 Å². The summed E-state index contributed by atoms with van der Waals surface area (Å²) in [6.07, 6.45) is 0.311. The fourth-order valence-corrected chi connectivity index (χ4v) is 2.40. The largest absolute Gasteiger partial charge is 0.507 e. The molecule has 0 unspecified atom stereocenters. The number of aldehydes is 1. The summed E-state index contributed by atoms with van der Waals surface area (Å²) >= 11 is 0. The second kappa shape index (κ2) is 4.21. The molecule has 3 nitrogen and oxygen atoms in total. The van der Waals surface area contributed by atoms with Crippen LogP contribution in [-0.4, -0.2) is 17.2 Å². The van der Waals surface area contributed by atoms with E-state index in [0.29, 0.717) is 22.6 Å². The Bertz CT molecular complexity index is 819. The van der Waals surface area contributed by atoms with Crippen molar-refractivity contribution < 1.29 is 14.7 Å². The van der Waals surface area contributed by atoms with Gasteiger partial charge in [-0.25, -0.2) is 0 Å². The van der Waals surface area contributed by atoms with Crippen LogP contribution in [-0.2, 0) is 4.79 Å². The number of benzene rings is 3. The molecule has 3 rings (SSSR count). The molecule has 0 saturated heterocycles. The molecule has 0 bridgehead atoms. The monoisotopic (exact) mass is 250 g/mol. The van der Waals surface area contributed by atoms with Crippen LogP contribution in [0.2, 0.25) is 0 Å². The predicted octanol–water partition coefficient (Wildman–Crippen LogP) is 3.08. The Balaban J connectivity index is 2.60. The number of hydrogen-bond donors (Lipinski definition) is 1. The summed E-state index contributed by atoms with van der Waals surface area (Å²) in [6.45, 7) is 0. The van der Waals surface area contributed by atoms with E-state index >= 15 is 0 Å². The average molecular weight is 250 g/mol. The van der Waals surface area contributed by atoms with E-state index in [0.717, 1.165) is 10.8 Å². The van der Waals surface area contributed by atoms with E-state index in [1.165, 1.54) is 0 Å². The smallest absolute Gasteiger partial charge is 0.226 e. The number of phenolic OH excluding ortho intramolecular Hbond substituents is 1. The van der Waals surface area contributed by atoms with Crippen molar-refractivity contribution in [2.75, 3.05) is 0 Å². The Morgan fingerprint density at radius 1 is 0.947 bits per heavy atom. The number of hydrogen-bond acceptors (Lipinski definition) is 3. The fourth-order valence-electron chi connectivity index (χ4n) is 2.40. The molecule has 0 amide bonds. The molecule has 0 saturated carbocycles. The van der Waals surface area contributed by atoms with Gasteiger partial charge in [0.2, 0.25) is 5.78 Å². The average Bonchev–Trinajstić information content (AvgIpc) is 2.45. The molecule has 0 heterocycles. The van der Waals surface area contributed by atoms with Gasteiger partial charge in [-0.05, 0) is 28.3 Å². The van der Waals surface area contributed by atoms with Crippen molar-refractivity contribution in [3.8, 4) is 5.75 Å².